The van der Waals surface area contributed by atoms with Gasteiger partial charge in [-0.25, -0.2) is 17.9 Å². The number of rotatable bonds is 7. The molecule has 0 fully saturated rings. The molecule has 0 bridgehead atoms. The first-order valence-corrected chi connectivity index (χ1v) is 11.4. The SMILES string of the molecule is CCOC(=O)c1cc2cc(CCNS(=O)(=O)c3ccc(C(C)(C)C)cc3)ccc2o1. The van der Waals surface area contributed by atoms with Crippen molar-refractivity contribution in [3.05, 3.63) is 65.4 Å². The lowest BCUT2D eigenvalue weighted by Gasteiger charge is -2.19. The second-order valence-corrected chi connectivity index (χ2v) is 9.89. The molecule has 30 heavy (non-hydrogen) atoms. The molecule has 1 heterocycles. The highest BCUT2D eigenvalue weighted by Crippen LogP contribution is 2.24. The summed E-state index contributed by atoms with van der Waals surface area (Å²) in [4.78, 5) is 12.0. The van der Waals surface area contributed by atoms with Crippen molar-refractivity contribution in [3.8, 4) is 0 Å². The van der Waals surface area contributed by atoms with Gasteiger partial charge in [0.05, 0.1) is 11.5 Å². The van der Waals surface area contributed by atoms with Gasteiger partial charge in [0.25, 0.3) is 0 Å². The van der Waals surface area contributed by atoms with Gasteiger partial charge >= 0.3 is 5.97 Å². The van der Waals surface area contributed by atoms with E-state index in [0.29, 0.717) is 12.0 Å². The van der Waals surface area contributed by atoms with Gasteiger partial charge in [-0.05, 0) is 60.2 Å². The molecule has 3 aromatic rings. The number of carbonyl (C=O) groups is 1. The minimum Gasteiger partial charge on any atom is -0.460 e. The van der Waals surface area contributed by atoms with E-state index in [0.717, 1.165) is 16.5 Å². The fourth-order valence-corrected chi connectivity index (χ4v) is 4.13. The Kier molecular flexibility index (Phi) is 6.33. The van der Waals surface area contributed by atoms with Crippen molar-refractivity contribution in [2.75, 3.05) is 13.2 Å². The molecule has 1 N–H and O–H groups in total. The van der Waals surface area contributed by atoms with Gasteiger partial charge in [-0.2, -0.15) is 0 Å². The van der Waals surface area contributed by atoms with Crippen molar-refractivity contribution in [3.63, 3.8) is 0 Å². The van der Waals surface area contributed by atoms with Crippen molar-refractivity contribution >= 4 is 27.0 Å². The third-order valence-corrected chi connectivity index (χ3v) is 6.27. The zero-order chi connectivity index (χ0) is 21.9. The Hall–Kier alpha value is -2.64. The highest BCUT2D eigenvalue weighted by atomic mass is 32.2. The zero-order valence-corrected chi connectivity index (χ0v) is 18.5. The number of hydrogen-bond donors (Lipinski definition) is 1. The van der Waals surface area contributed by atoms with Crippen LogP contribution in [0.4, 0.5) is 0 Å². The summed E-state index contributed by atoms with van der Waals surface area (Å²) in [5.41, 5.74) is 2.57. The third-order valence-electron chi connectivity index (χ3n) is 4.79. The van der Waals surface area contributed by atoms with Gasteiger partial charge in [0, 0.05) is 11.9 Å². The van der Waals surface area contributed by atoms with Gasteiger partial charge in [-0.15, -0.1) is 0 Å². The van der Waals surface area contributed by atoms with Gasteiger partial charge in [0.2, 0.25) is 15.8 Å². The van der Waals surface area contributed by atoms with Gasteiger partial charge in [0.1, 0.15) is 5.58 Å². The first-order valence-electron chi connectivity index (χ1n) is 9.90. The molecule has 0 radical (unpaired) electrons. The van der Waals surface area contributed by atoms with Crippen LogP contribution in [0.2, 0.25) is 0 Å². The van der Waals surface area contributed by atoms with E-state index in [9.17, 15) is 13.2 Å². The lowest BCUT2D eigenvalue weighted by Crippen LogP contribution is -2.26. The van der Waals surface area contributed by atoms with Crippen LogP contribution in [-0.4, -0.2) is 27.5 Å². The standard InChI is InChI=1S/C23H27NO5S/c1-5-28-22(25)21-15-17-14-16(6-11-20(17)29-21)12-13-24-30(26,27)19-9-7-18(8-10-19)23(2,3)4/h6-11,14-15,24H,5,12-13H2,1-4H3. The molecule has 6 nitrogen and oxygen atoms in total. The number of esters is 1. The Bertz CT molecular complexity index is 1140. The second-order valence-electron chi connectivity index (χ2n) is 8.13. The molecule has 0 saturated carbocycles. The zero-order valence-electron chi connectivity index (χ0n) is 17.7. The molecule has 0 amide bonds. The lowest BCUT2D eigenvalue weighted by atomic mass is 9.87. The molecule has 0 atom stereocenters. The number of ether oxygens (including phenoxy) is 1. The van der Waals surface area contributed by atoms with Crippen molar-refractivity contribution < 1.29 is 22.4 Å². The number of nitrogens with one attached hydrogen (secondary N) is 1. The molecule has 0 aliphatic rings. The minimum atomic E-state index is -3.58. The van der Waals surface area contributed by atoms with Crippen LogP contribution in [0.25, 0.3) is 11.0 Å². The maximum Gasteiger partial charge on any atom is 0.374 e. The van der Waals surface area contributed by atoms with Gasteiger partial charge in [-0.1, -0.05) is 39.0 Å². The Balaban J connectivity index is 1.65. The van der Waals surface area contributed by atoms with Crippen LogP contribution in [-0.2, 0) is 26.6 Å². The summed E-state index contributed by atoms with van der Waals surface area (Å²) in [6.45, 7) is 8.53. The summed E-state index contributed by atoms with van der Waals surface area (Å²) >= 11 is 0. The van der Waals surface area contributed by atoms with E-state index in [2.05, 4.69) is 25.5 Å². The Morgan fingerprint density at radius 3 is 2.40 bits per heavy atom. The smallest absolute Gasteiger partial charge is 0.374 e. The number of hydrogen-bond acceptors (Lipinski definition) is 5. The number of sulfonamides is 1. The van der Waals surface area contributed by atoms with Crippen LogP contribution in [0.3, 0.4) is 0 Å². The number of benzene rings is 2. The fourth-order valence-electron chi connectivity index (χ4n) is 3.10. The van der Waals surface area contributed by atoms with Crippen molar-refractivity contribution in [2.24, 2.45) is 0 Å². The van der Waals surface area contributed by atoms with Crippen LogP contribution in [0.5, 0.6) is 0 Å². The average molecular weight is 430 g/mol. The first kappa shape index (κ1) is 22.1. The van der Waals surface area contributed by atoms with Crippen LogP contribution in [0.15, 0.2) is 57.8 Å². The van der Waals surface area contributed by atoms with Crippen LogP contribution in [0, 0.1) is 0 Å². The first-order chi connectivity index (χ1) is 14.1. The lowest BCUT2D eigenvalue weighted by molar-refractivity contribution is 0.0492. The van der Waals surface area contributed by atoms with E-state index >= 15 is 0 Å². The number of carbonyl (C=O) groups excluding carboxylic acids is 1. The van der Waals surface area contributed by atoms with E-state index in [-0.39, 0.29) is 29.2 Å². The highest BCUT2D eigenvalue weighted by molar-refractivity contribution is 7.89. The molecule has 0 saturated heterocycles. The quantitative estimate of drug-likeness (QED) is 0.562. The highest BCUT2D eigenvalue weighted by Gasteiger charge is 2.17. The van der Waals surface area contributed by atoms with Crippen LogP contribution >= 0.6 is 0 Å². The maximum absolute atomic E-state index is 12.6. The second kappa shape index (κ2) is 8.62. The monoisotopic (exact) mass is 429 g/mol. The van der Waals surface area contributed by atoms with Crippen LogP contribution in [0.1, 0.15) is 49.4 Å². The molecule has 1 aromatic heterocycles. The number of furan rings is 1. The van der Waals surface area contributed by atoms with Gasteiger partial charge in [-0.3, -0.25) is 0 Å². The van der Waals surface area contributed by atoms with Crippen molar-refractivity contribution in [1.82, 2.24) is 4.72 Å². The molecule has 7 heteroatoms. The summed E-state index contributed by atoms with van der Waals surface area (Å²) < 4.78 is 38.2. The summed E-state index contributed by atoms with van der Waals surface area (Å²) in [7, 11) is -3.58. The molecule has 0 spiro atoms. The third kappa shape index (κ3) is 5.09. The van der Waals surface area contributed by atoms with E-state index in [1.165, 1.54) is 0 Å². The Labute approximate surface area is 177 Å². The Morgan fingerprint density at radius 2 is 1.77 bits per heavy atom. The molecule has 160 valence electrons. The summed E-state index contributed by atoms with van der Waals surface area (Å²) in [5, 5.41) is 0.774. The van der Waals surface area contributed by atoms with Crippen molar-refractivity contribution in [1.29, 1.82) is 0 Å². The fraction of sp³-hybridized carbons (Fsp3) is 0.348. The van der Waals surface area contributed by atoms with Gasteiger partial charge < -0.3 is 9.15 Å². The maximum atomic E-state index is 12.6. The Morgan fingerprint density at radius 1 is 1.07 bits per heavy atom. The molecule has 2 aromatic carbocycles. The molecular formula is C23H27NO5S. The summed E-state index contributed by atoms with van der Waals surface area (Å²) in [5.74, 6) is -0.344. The molecular weight excluding hydrogens is 402 g/mol. The van der Waals surface area contributed by atoms with E-state index < -0.39 is 16.0 Å². The predicted molar refractivity (Wildman–Crippen MR) is 116 cm³/mol. The molecule has 3 rings (SSSR count). The largest absolute Gasteiger partial charge is 0.460 e. The average Bonchev–Trinajstić information content (AvgIpc) is 3.11. The van der Waals surface area contributed by atoms with Gasteiger partial charge in [0.15, 0.2) is 0 Å². The van der Waals surface area contributed by atoms with E-state index in [1.54, 1.807) is 31.2 Å². The molecule has 0 aliphatic carbocycles. The topological polar surface area (TPSA) is 85.6 Å². The van der Waals surface area contributed by atoms with Crippen molar-refractivity contribution in [2.45, 2.75) is 44.4 Å². The number of fused-ring (bicyclic) bond motifs is 1. The predicted octanol–water partition coefficient (Wildman–Crippen LogP) is 4.43. The van der Waals surface area contributed by atoms with E-state index in [4.69, 9.17) is 9.15 Å². The van der Waals surface area contributed by atoms with E-state index in [1.807, 2.05) is 24.3 Å². The molecule has 0 aliphatic heterocycles. The van der Waals surface area contributed by atoms with Crippen LogP contribution < -0.4 is 4.72 Å². The summed E-state index contributed by atoms with van der Waals surface area (Å²) in [6, 6.07) is 14.1. The minimum absolute atomic E-state index is 0.0331. The summed E-state index contributed by atoms with van der Waals surface area (Å²) in [6.07, 6.45) is 0.509. The normalized spacial score (nSPS) is 12.3. The molecule has 0 unspecified atom stereocenters.